The van der Waals surface area contributed by atoms with Crippen LogP contribution in [0.15, 0.2) is 30.3 Å². The van der Waals surface area contributed by atoms with E-state index in [-0.39, 0.29) is 23.1 Å². The Kier molecular flexibility index (Phi) is 5.16. The summed E-state index contributed by atoms with van der Waals surface area (Å²) in [5.41, 5.74) is 0.943. The third-order valence-corrected chi connectivity index (χ3v) is 4.62. The quantitative estimate of drug-likeness (QED) is 0.643. The molecule has 114 valence electrons. The summed E-state index contributed by atoms with van der Waals surface area (Å²) in [7, 11) is 0. The van der Waals surface area contributed by atoms with E-state index in [4.69, 9.17) is 0 Å². The minimum absolute atomic E-state index is 0.103. The van der Waals surface area contributed by atoms with Gasteiger partial charge in [0.05, 0.1) is 0 Å². The van der Waals surface area contributed by atoms with Gasteiger partial charge in [0.2, 0.25) is 11.8 Å². The fraction of sp³-hybridized carbons (Fsp3) is 0.556. The van der Waals surface area contributed by atoms with Crippen LogP contribution < -0.4 is 5.32 Å². The van der Waals surface area contributed by atoms with Crippen LogP contribution in [0.3, 0.4) is 0 Å². The summed E-state index contributed by atoms with van der Waals surface area (Å²) in [6.07, 6.45) is 5.50. The third-order valence-electron chi connectivity index (χ3n) is 4.62. The maximum Gasteiger partial charge on any atom is 0.230 e. The van der Waals surface area contributed by atoms with Crippen LogP contribution in [0.2, 0.25) is 0 Å². The van der Waals surface area contributed by atoms with Crippen LogP contribution in [0.25, 0.3) is 0 Å². The van der Waals surface area contributed by atoms with E-state index in [1.54, 1.807) is 0 Å². The molecule has 1 heterocycles. The van der Waals surface area contributed by atoms with Gasteiger partial charge < -0.3 is 0 Å². The summed E-state index contributed by atoms with van der Waals surface area (Å²) >= 11 is 0. The standard InChI is InChI=1S/C18H25NO2/c1-3-4-8-11-18(2)13-16(20)19-17(21)15(18)12-14-9-6-5-7-10-14/h5-7,9-10,15H,3-4,8,11-13H2,1-2H3,(H,19,20,21). The van der Waals surface area contributed by atoms with E-state index in [0.717, 1.165) is 31.2 Å². The molecular formula is C18H25NO2. The highest BCUT2D eigenvalue weighted by molar-refractivity contribution is 5.99. The van der Waals surface area contributed by atoms with Crippen molar-refractivity contribution in [3.05, 3.63) is 35.9 Å². The first-order valence-corrected chi connectivity index (χ1v) is 7.93. The monoisotopic (exact) mass is 287 g/mol. The molecule has 2 unspecified atom stereocenters. The normalized spacial score (nSPS) is 25.7. The van der Waals surface area contributed by atoms with E-state index in [1.807, 2.05) is 18.2 Å². The molecule has 0 radical (unpaired) electrons. The van der Waals surface area contributed by atoms with Gasteiger partial charge in [-0.15, -0.1) is 0 Å². The molecular weight excluding hydrogens is 262 g/mol. The summed E-state index contributed by atoms with van der Waals surface area (Å²) in [5, 5.41) is 2.52. The number of rotatable bonds is 6. The van der Waals surface area contributed by atoms with Crippen LogP contribution in [-0.2, 0) is 16.0 Å². The summed E-state index contributed by atoms with van der Waals surface area (Å²) in [6, 6.07) is 10.1. The first kappa shape index (κ1) is 15.7. The van der Waals surface area contributed by atoms with Crippen molar-refractivity contribution in [3.63, 3.8) is 0 Å². The second-order valence-corrected chi connectivity index (χ2v) is 6.44. The van der Waals surface area contributed by atoms with Gasteiger partial charge in [0, 0.05) is 12.3 Å². The Morgan fingerprint density at radius 3 is 2.57 bits per heavy atom. The zero-order valence-corrected chi connectivity index (χ0v) is 13.0. The Morgan fingerprint density at radius 1 is 1.19 bits per heavy atom. The van der Waals surface area contributed by atoms with E-state index < -0.39 is 0 Å². The Morgan fingerprint density at radius 2 is 1.90 bits per heavy atom. The van der Waals surface area contributed by atoms with Crippen LogP contribution in [0.1, 0.15) is 51.5 Å². The fourth-order valence-electron chi connectivity index (χ4n) is 3.31. The lowest BCUT2D eigenvalue weighted by Gasteiger charge is -2.40. The van der Waals surface area contributed by atoms with Gasteiger partial charge in [0.25, 0.3) is 0 Å². The number of hydrogen-bond donors (Lipinski definition) is 1. The van der Waals surface area contributed by atoms with Gasteiger partial charge >= 0.3 is 0 Å². The van der Waals surface area contributed by atoms with Crippen LogP contribution >= 0.6 is 0 Å². The molecule has 0 saturated carbocycles. The van der Waals surface area contributed by atoms with Gasteiger partial charge in [0.1, 0.15) is 0 Å². The number of amides is 2. The molecule has 1 saturated heterocycles. The maximum atomic E-state index is 12.3. The van der Waals surface area contributed by atoms with Crippen molar-refractivity contribution in [2.24, 2.45) is 11.3 Å². The number of nitrogens with one attached hydrogen (secondary N) is 1. The predicted octanol–water partition coefficient (Wildman–Crippen LogP) is 3.48. The highest BCUT2D eigenvalue weighted by atomic mass is 16.2. The van der Waals surface area contributed by atoms with Gasteiger partial charge in [-0.05, 0) is 23.8 Å². The Hall–Kier alpha value is -1.64. The number of piperidine rings is 1. The molecule has 0 aromatic heterocycles. The Labute approximate surface area is 127 Å². The molecule has 3 nitrogen and oxygen atoms in total. The second-order valence-electron chi connectivity index (χ2n) is 6.44. The van der Waals surface area contributed by atoms with Crippen molar-refractivity contribution in [1.82, 2.24) is 5.32 Å². The van der Waals surface area contributed by atoms with E-state index >= 15 is 0 Å². The molecule has 1 aliphatic heterocycles. The topological polar surface area (TPSA) is 46.2 Å². The molecule has 1 aliphatic rings. The lowest BCUT2D eigenvalue weighted by molar-refractivity contribution is -0.143. The molecule has 2 amide bonds. The maximum absolute atomic E-state index is 12.3. The molecule has 1 fully saturated rings. The van der Waals surface area contributed by atoms with Crippen molar-refractivity contribution in [1.29, 1.82) is 0 Å². The van der Waals surface area contributed by atoms with Crippen molar-refractivity contribution in [3.8, 4) is 0 Å². The van der Waals surface area contributed by atoms with Gasteiger partial charge in [-0.3, -0.25) is 14.9 Å². The van der Waals surface area contributed by atoms with Gasteiger partial charge in [0.15, 0.2) is 0 Å². The molecule has 0 aliphatic carbocycles. The van der Waals surface area contributed by atoms with Crippen molar-refractivity contribution < 1.29 is 9.59 Å². The number of hydrogen-bond acceptors (Lipinski definition) is 2. The van der Waals surface area contributed by atoms with E-state index in [1.165, 1.54) is 0 Å². The number of imide groups is 1. The average molecular weight is 287 g/mol. The number of carbonyl (C=O) groups is 2. The number of benzene rings is 1. The molecule has 0 spiro atoms. The summed E-state index contributed by atoms with van der Waals surface area (Å²) in [4.78, 5) is 24.1. The molecule has 1 aromatic carbocycles. The molecule has 2 atom stereocenters. The SMILES string of the molecule is CCCCCC1(C)CC(=O)NC(=O)C1Cc1ccccc1. The summed E-state index contributed by atoms with van der Waals surface area (Å²) in [5.74, 6) is -0.341. The van der Waals surface area contributed by atoms with Gasteiger partial charge in [-0.25, -0.2) is 0 Å². The molecule has 1 aromatic rings. The van der Waals surface area contributed by atoms with Gasteiger partial charge in [-0.1, -0.05) is 63.4 Å². The minimum atomic E-state index is -0.218. The zero-order chi connectivity index (χ0) is 15.3. The van der Waals surface area contributed by atoms with Crippen LogP contribution in [0.4, 0.5) is 0 Å². The smallest absolute Gasteiger partial charge is 0.230 e. The highest BCUT2D eigenvalue weighted by Crippen LogP contribution is 2.41. The third kappa shape index (κ3) is 3.93. The van der Waals surface area contributed by atoms with Crippen LogP contribution in [0, 0.1) is 11.3 Å². The lowest BCUT2D eigenvalue weighted by atomic mass is 9.66. The minimum Gasteiger partial charge on any atom is -0.296 e. The van der Waals surface area contributed by atoms with E-state index in [0.29, 0.717) is 12.8 Å². The largest absolute Gasteiger partial charge is 0.296 e. The van der Waals surface area contributed by atoms with Crippen LogP contribution in [-0.4, -0.2) is 11.8 Å². The van der Waals surface area contributed by atoms with E-state index in [9.17, 15) is 9.59 Å². The Balaban J connectivity index is 2.16. The van der Waals surface area contributed by atoms with Crippen molar-refractivity contribution in [2.45, 2.75) is 52.4 Å². The zero-order valence-electron chi connectivity index (χ0n) is 13.0. The fourth-order valence-corrected chi connectivity index (χ4v) is 3.31. The first-order valence-electron chi connectivity index (χ1n) is 7.93. The summed E-state index contributed by atoms with van der Waals surface area (Å²) < 4.78 is 0. The second kappa shape index (κ2) is 6.88. The predicted molar refractivity (Wildman–Crippen MR) is 83.7 cm³/mol. The first-order chi connectivity index (χ1) is 10.0. The Bertz CT molecular complexity index is 497. The number of unbranched alkanes of at least 4 members (excludes halogenated alkanes) is 2. The molecule has 1 N–H and O–H groups in total. The van der Waals surface area contributed by atoms with Crippen molar-refractivity contribution >= 4 is 11.8 Å². The molecule has 0 bridgehead atoms. The number of carbonyl (C=O) groups excluding carboxylic acids is 2. The molecule has 3 heteroatoms. The molecule has 21 heavy (non-hydrogen) atoms. The van der Waals surface area contributed by atoms with Crippen molar-refractivity contribution in [2.75, 3.05) is 0 Å². The summed E-state index contributed by atoms with van der Waals surface area (Å²) in [6.45, 7) is 4.27. The lowest BCUT2D eigenvalue weighted by Crippen LogP contribution is -2.51. The highest BCUT2D eigenvalue weighted by Gasteiger charge is 2.44. The average Bonchev–Trinajstić information content (AvgIpc) is 2.44. The van der Waals surface area contributed by atoms with Crippen LogP contribution in [0.5, 0.6) is 0 Å². The molecule has 2 rings (SSSR count). The van der Waals surface area contributed by atoms with E-state index in [2.05, 4.69) is 31.3 Å². The van der Waals surface area contributed by atoms with Gasteiger partial charge in [-0.2, -0.15) is 0 Å².